The molecular formula is C28H23BrO4Sb. The van der Waals surface area contributed by atoms with E-state index in [9.17, 15) is 9.59 Å². The monoisotopic (exact) mass is 623 g/mol. The number of benzene rings is 4. The molecule has 0 saturated carbocycles. The molecule has 6 heteroatoms. The molecule has 0 unspecified atom stereocenters. The van der Waals surface area contributed by atoms with Gasteiger partial charge in [0.25, 0.3) is 0 Å². The number of hydrogen-bond acceptors (Lipinski definition) is 2. The van der Waals surface area contributed by atoms with Gasteiger partial charge in [0.1, 0.15) is 4.48 Å². The molecule has 0 aliphatic carbocycles. The van der Waals surface area contributed by atoms with Crippen LogP contribution in [-0.2, 0) is 9.59 Å². The Morgan fingerprint density at radius 1 is 0.559 bits per heavy atom. The van der Waals surface area contributed by atoms with Gasteiger partial charge in [-0.2, -0.15) is 0 Å². The van der Waals surface area contributed by atoms with Crippen LogP contribution < -0.4 is 14.0 Å². The number of aliphatic carboxylic acids is 2. The minimum atomic E-state index is -3.17. The van der Waals surface area contributed by atoms with Crippen LogP contribution in [0.5, 0.6) is 0 Å². The molecular weight excluding hydrogens is 602 g/mol. The van der Waals surface area contributed by atoms with Gasteiger partial charge in [0, 0.05) is 6.08 Å². The van der Waals surface area contributed by atoms with Crippen molar-refractivity contribution < 1.29 is 19.8 Å². The van der Waals surface area contributed by atoms with E-state index in [1.54, 1.807) is 0 Å². The molecule has 1 radical (unpaired) electrons. The predicted molar refractivity (Wildman–Crippen MR) is 142 cm³/mol. The maximum atomic E-state index is 9.86. The summed E-state index contributed by atoms with van der Waals surface area (Å²) in [5.41, 5.74) is 0. The summed E-state index contributed by atoms with van der Waals surface area (Å²) in [6.07, 6.45) is 0.558. The first-order valence-corrected chi connectivity index (χ1v) is 16.3. The van der Waals surface area contributed by atoms with Crippen LogP contribution in [0.2, 0.25) is 0 Å². The Hall–Kier alpha value is -3.14. The first-order valence-electron chi connectivity index (χ1n) is 10.4. The second-order valence-electron chi connectivity index (χ2n) is 7.15. The summed E-state index contributed by atoms with van der Waals surface area (Å²) < 4.78 is 5.54. The van der Waals surface area contributed by atoms with Crippen LogP contribution in [0.25, 0.3) is 0 Å². The molecule has 2 N–H and O–H groups in total. The van der Waals surface area contributed by atoms with E-state index < -0.39 is 30.7 Å². The molecule has 0 amide bonds. The Morgan fingerprint density at radius 3 is 1.00 bits per heavy atom. The van der Waals surface area contributed by atoms with Crippen molar-refractivity contribution >= 4 is 60.7 Å². The zero-order valence-electron chi connectivity index (χ0n) is 18.2. The van der Waals surface area contributed by atoms with Crippen molar-refractivity contribution in [3.8, 4) is 0 Å². The third kappa shape index (κ3) is 6.05. The molecule has 34 heavy (non-hydrogen) atoms. The summed E-state index contributed by atoms with van der Waals surface area (Å²) in [7, 11) is 0. The Balaban J connectivity index is 0.000000309. The van der Waals surface area contributed by atoms with Crippen molar-refractivity contribution in [2.75, 3.05) is 0 Å². The number of carboxylic acid groups (broad SMARTS) is 2. The number of carbonyl (C=O) groups is 2. The quantitative estimate of drug-likeness (QED) is 0.255. The molecule has 4 nitrogen and oxygen atoms in total. The van der Waals surface area contributed by atoms with Crippen LogP contribution in [0.4, 0.5) is 0 Å². The Labute approximate surface area is 211 Å². The Morgan fingerprint density at radius 2 is 0.824 bits per heavy atom. The average Bonchev–Trinajstić information content (AvgIpc) is 2.87. The molecule has 0 aliphatic rings. The van der Waals surface area contributed by atoms with Crippen molar-refractivity contribution in [2.45, 2.75) is 0 Å². The fourth-order valence-electron chi connectivity index (χ4n) is 3.67. The van der Waals surface area contributed by atoms with Crippen LogP contribution in [0.1, 0.15) is 0 Å². The maximum absolute atomic E-state index is 9.86. The van der Waals surface area contributed by atoms with Gasteiger partial charge in [-0.25, -0.2) is 9.59 Å². The molecule has 0 aliphatic heterocycles. The summed E-state index contributed by atoms with van der Waals surface area (Å²) in [6.45, 7) is 0. The van der Waals surface area contributed by atoms with Crippen molar-refractivity contribution in [2.24, 2.45) is 0 Å². The van der Waals surface area contributed by atoms with Gasteiger partial charge in [-0.15, -0.1) is 0 Å². The molecule has 4 rings (SSSR count). The predicted octanol–water partition coefficient (Wildman–Crippen LogP) is 3.50. The van der Waals surface area contributed by atoms with Gasteiger partial charge in [-0.1, -0.05) is 0 Å². The molecule has 0 spiro atoms. The van der Waals surface area contributed by atoms with Crippen molar-refractivity contribution in [1.29, 1.82) is 0 Å². The SMILES string of the molecule is O=C(O)/C=C(/Br)C(=O)O.c1cc[c]([Sb]([c]2ccccc2)([c]2ccccc2)[c]2ccccc2)cc1. The molecule has 171 valence electrons. The second kappa shape index (κ2) is 12.4. The molecule has 0 heterocycles. The number of rotatable bonds is 6. The Bertz CT molecular complexity index is 1080. The summed E-state index contributed by atoms with van der Waals surface area (Å²) in [6, 6.07) is 44.4. The minimum absolute atomic E-state index is 0.366. The summed E-state index contributed by atoms with van der Waals surface area (Å²) in [4.78, 5) is 19.6. The molecule has 4 aromatic carbocycles. The average molecular weight is 625 g/mol. The standard InChI is InChI=1S/4C6H5.C4H3BrO4.Sb/c4*1-2-4-6-5-3-1;5-2(4(8)9)1-3(6)7;/h4*1-5H;1H,(H,6,7)(H,8,9);/b;;;;2-1+;. The van der Waals surface area contributed by atoms with Gasteiger partial charge >= 0.3 is 166 Å². The van der Waals surface area contributed by atoms with Crippen LogP contribution in [0, 0.1) is 0 Å². The summed E-state index contributed by atoms with van der Waals surface area (Å²) >= 11 is -0.644. The number of carboxylic acids is 2. The number of hydrogen-bond donors (Lipinski definition) is 2. The zero-order valence-corrected chi connectivity index (χ0v) is 22.3. The van der Waals surface area contributed by atoms with E-state index in [1.165, 1.54) is 14.0 Å². The fraction of sp³-hybridized carbons (Fsp3) is 0. The summed E-state index contributed by atoms with van der Waals surface area (Å²) in [5, 5.41) is 16.0. The van der Waals surface area contributed by atoms with Gasteiger partial charge in [0.05, 0.1) is 0 Å². The fourth-order valence-corrected chi connectivity index (χ4v) is 16.0. The van der Waals surface area contributed by atoms with Crippen molar-refractivity contribution in [3.63, 3.8) is 0 Å². The topological polar surface area (TPSA) is 74.6 Å². The molecule has 0 fully saturated rings. The third-order valence-electron chi connectivity index (χ3n) is 5.03. The van der Waals surface area contributed by atoms with E-state index in [0.717, 1.165) is 0 Å². The van der Waals surface area contributed by atoms with Crippen LogP contribution in [-0.4, -0.2) is 41.0 Å². The number of halogens is 1. The Kier molecular flexibility index (Phi) is 9.26. The van der Waals surface area contributed by atoms with E-state index in [1.807, 2.05) is 0 Å². The molecule has 0 atom stereocenters. The van der Waals surface area contributed by atoms with Crippen molar-refractivity contribution in [1.82, 2.24) is 0 Å². The van der Waals surface area contributed by atoms with E-state index >= 15 is 0 Å². The summed E-state index contributed by atoms with van der Waals surface area (Å²) in [5.74, 6) is -2.58. The molecule has 0 saturated heterocycles. The van der Waals surface area contributed by atoms with E-state index in [0.29, 0.717) is 6.08 Å². The van der Waals surface area contributed by atoms with Gasteiger partial charge in [0.15, 0.2) is 0 Å². The van der Waals surface area contributed by atoms with Crippen LogP contribution >= 0.6 is 15.9 Å². The van der Waals surface area contributed by atoms with Crippen LogP contribution in [0.15, 0.2) is 132 Å². The van der Waals surface area contributed by atoms with Gasteiger partial charge < -0.3 is 10.2 Å². The van der Waals surface area contributed by atoms with Gasteiger partial charge in [0.2, 0.25) is 0 Å². The molecule has 0 bridgehead atoms. The van der Waals surface area contributed by atoms with Crippen LogP contribution in [0.3, 0.4) is 0 Å². The normalized spacial score (nSPS) is 11.1. The van der Waals surface area contributed by atoms with E-state index in [-0.39, 0.29) is 4.48 Å². The second-order valence-corrected chi connectivity index (χ2v) is 17.7. The van der Waals surface area contributed by atoms with Crippen molar-refractivity contribution in [3.05, 3.63) is 132 Å². The molecule has 4 aromatic rings. The first-order chi connectivity index (χ1) is 16.5. The van der Waals surface area contributed by atoms with E-state index in [4.69, 9.17) is 10.2 Å². The van der Waals surface area contributed by atoms with Gasteiger partial charge in [-0.05, 0) is 15.9 Å². The molecule has 0 aromatic heterocycles. The first kappa shape index (κ1) is 25.5. The zero-order chi connectivity index (χ0) is 24.4. The van der Waals surface area contributed by atoms with Gasteiger partial charge in [-0.3, -0.25) is 0 Å². The van der Waals surface area contributed by atoms with E-state index in [2.05, 4.69) is 137 Å². The third-order valence-corrected chi connectivity index (χ3v) is 17.8.